The molecule has 0 spiro atoms. The summed E-state index contributed by atoms with van der Waals surface area (Å²) in [5.74, 6) is 1.63. The van der Waals surface area contributed by atoms with Gasteiger partial charge in [-0.1, -0.05) is 0 Å². The standard InChI is InChI=1S/C15H28N2O2/c1-16(2)7-3-13-4-8-17(9-5-13)15(18)11-14-6-10-19-12-14/h13-14H,3-12H2,1-2H3. The lowest BCUT2D eigenvalue weighted by molar-refractivity contribution is -0.133. The number of carbonyl (C=O) groups excluding carboxylic acids is 1. The van der Waals surface area contributed by atoms with E-state index < -0.39 is 0 Å². The third-order valence-electron chi connectivity index (χ3n) is 4.44. The summed E-state index contributed by atoms with van der Waals surface area (Å²) in [6, 6.07) is 0. The Labute approximate surface area is 117 Å². The molecule has 1 atom stereocenters. The molecule has 2 saturated heterocycles. The number of hydrogen-bond donors (Lipinski definition) is 0. The Morgan fingerprint density at radius 1 is 1.21 bits per heavy atom. The minimum Gasteiger partial charge on any atom is -0.381 e. The molecule has 2 rings (SSSR count). The smallest absolute Gasteiger partial charge is 0.222 e. The van der Waals surface area contributed by atoms with E-state index in [0.717, 1.165) is 45.2 Å². The first kappa shape index (κ1) is 14.8. The van der Waals surface area contributed by atoms with Crippen LogP contribution in [-0.4, -0.2) is 62.7 Å². The number of rotatable bonds is 5. The van der Waals surface area contributed by atoms with Crippen LogP contribution in [0.5, 0.6) is 0 Å². The van der Waals surface area contributed by atoms with Gasteiger partial charge in [0.1, 0.15) is 0 Å². The van der Waals surface area contributed by atoms with Gasteiger partial charge in [0.25, 0.3) is 0 Å². The summed E-state index contributed by atoms with van der Waals surface area (Å²) >= 11 is 0. The summed E-state index contributed by atoms with van der Waals surface area (Å²) in [4.78, 5) is 16.5. The fourth-order valence-corrected chi connectivity index (χ4v) is 3.03. The second-order valence-electron chi connectivity index (χ2n) is 6.35. The van der Waals surface area contributed by atoms with Gasteiger partial charge in [0, 0.05) is 32.7 Å². The van der Waals surface area contributed by atoms with Gasteiger partial charge in [0.05, 0.1) is 0 Å². The minimum absolute atomic E-state index is 0.349. The Bertz CT molecular complexity index is 280. The summed E-state index contributed by atoms with van der Waals surface area (Å²) in [6.45, 7) is 4.71. The van der Waals surface area contributed by atoms with Gasteiger partial charge in [-0.15, -0.1) is 0 Å². The maximum absolute atomic E-state index is 12.2. The number of piperidine rings is 1. The van der Waals surface area contributed by atoms with Crippen LogP contribution in [-0.2, 0) is 9.53 Å². The molecule has 0 saturated carbocycles. The number of nitrogens with zero attached hydrogens (tertiary/aromatic N) is 2. The molecular weight excluding hydrogens is 240 g/mol. The van der Waals surface area contributed by atoms with Crippen molar-refractivity contribution < 1.29 is 9.53 Å². The maximum atomic E-state index is 12.2. The minimum atomic E-state index is 0.349. The van der Waals surface area contributed by atoms with E-state index >= 15 is 0 Å². The molecule has 0 aromatic rings. The van der Waals surface area contributed by atoms with Crippen molar-refractivity contribution in [1.82, 2.24) is 9.80 Å². The highest BCUT2D eigenvalue weighted by molar-refractivity contribution is 5.76. The van der Waals surface area contributed by atoms with Gasteiger partial charge in [-0.2, -0.15) is 0 Å². The first-order valence-corrected chi connectivity index (χ1v) is 7.65. The molecule has 0 N–H and O–H groups in total. The Morgan fingerprint density at radius 3 is 2.53 bits per heavy atom. The number of hydrogen-bond acceptors (Lipinski definition) is 3. The predicted octanol–water partition coefficient (Wildman–Crippen LogP) is 1.60. The summed E-state index contributed by atoms with van der Waals surface area (Å²) in [6.07, 6.45) is 5.39. The van der Waals surface area contributed by atoms with Gasteiger partial charge in [0.2, 0.25) is 5.91 Å². The predicted molar refractivity (Wildman–Crippen MR) is 76.0 cm³/mol. The van der Waals surface area contributed by atoms with Crippen LogP contribution in [0.15, 0.2) is 0 Å². The Balaban J connectivity index is 1.65. The van der Waals surface area contributed by atoms with Crippen LogP contribution in [0.4, 0.5) is 0 Å². The molecule has 1 amide bonds. The molecule has 0 bridgehead atoms. The maximum Gasteiger partial charge on any atom is 0.222 e. The van der Waals surface area contributed by atoms with Crippen LogP contribution in [0, 0.1) is 11.8 Å². The third-order valence-corrected chi connectivity index (χ3v) is 4.44. The van der Waals surface area contributed by atoms with Crippen molar-refractivity contribution in [3.8, 4) is 0 Å². The summed E-state index contributed by atoms with van der Waals surface area (Å²) in [7, 11) is 4.25. The van der Waals surface area contributed by atoms with Gasteiger partial charge < -0.3 is 14.5 Å². The molecule has 2 aliphatic heterocycles. The van der Waals surface area contributed by atoms with Crippen molar-refractivity contribution in [1.29, 1.82) is 0 Å². The summed E-state index contributed by atoms with van der Waals surface area (Å²) in [5.41, 5.74) is 0. The fraction of sp³-hybridized carbons (Fsp3) is 0.933. The third kappa shape index (κ3) is 4.77. The van der Waals surface area contributed by atoms with Crippen LogP contribution >= 0.6 is 0 Å². The summed E-state index contributed by atoms with van der Waals surface area (Å²) in [5, 5.41) is 0. The lowest BCUT2D eigenvalue weighted by Gasteiger charge is -2.33. The molecule has 0 aliphatic carbocycles. The molecule has 0 aromatic heterocycles. The van der Waals surface area contributed by atoms with E-state index in [1.807, 2.05) is 0 Å². The summed E-state index contributed by atoms with van der Waals surface area (Å²) < 4.78 is 5.34. The second-order valence-corrected chi connectivity index (χ2v) is 6.35. The van der Waals surface area contributed by atoms with Crippen LogP contribution in [0.1, 0.15) is 32.1 Å². The molecule has 2 aliphatic rings. The largest absolute Gasteiger partial charge is 0.381 e. The van der Waals surface area contributed by atoms with E-state index in [1.54, 1.807) is 0 Å². The van der Waals surface area contributed by atoms with E-state index in [1.165, 1.54) is 19.3 Å². The van der Waals surface area contributed by atoms with Crippen molar-refractivity contribution in [3.05, 3.63) is 0 Å². The lowest BCUT2D eigenvalue weighted by atomic mass is 9.92. The van der Waals surface area contributed by atoms with Crippen molar-refractivity contribution in [2.45, 2.75) is 32.1 Å². The Hall–Kier alpha value is -0.610. The zero-order valence-electron chi connectivity index (χ0n) is 12.4. The van der Waals surface area contributed by atoms with Gasteiger partial charge in [-0.3, -0.25) is 4.79 Å². The van der Waals surface area contributed by atoms with Crippen LogP contribution in [0.25, 0.3) is 0 Å². The van der Waals surface area contributed by atoms with Crippen molar-refractivity contribution in [3.63, 3.8) is 0 Å². The molecular formula is C15H28N2O2. The van der Waals surface area contributed by atoms with E-state index in [0.29, 0.717) is 18.2 Å². The molecule has 2 fully saturated rings. The lowest BCUT2D eigenvalue weighted by Crippen LogP contribution is -2.39. The number of ether oxygens (including phenoxy) is 1. The highest BCUT2D eigenvalue weighted by atomic mass is 16.5. The van der Waals surface area contributed by atoms with E-state index in [-0.39, 0.29) is 0 Å². The van der Waals surface area contributed by atoms with Crippen LogP contribution in [0.2, 0.25) is 0 Å². The first-order valence-electron chi connectivity index (χ1n) is 7.65. The monoisotopic (exact) mass is 268 g/mol. The Morgan fingerprint density at radius 2 is 1.95 bits per heavy atom. The second kappa shape index (κ2) is 7.25. The number of amides is 1. The van der Waals surface area contributed by atoms with Crippen LogP contribution < -0.4 is 0 Å². The van der Waals surface area contributed by atoms with Gasteiger partial charge >= 0.3 is 0 Å². The van der Waals surface area contributed by atoms with E-state index in [4.69, 9.17) is 4.74 Å². The molecule has 4 heteroatoms. The van der Waals surface area contributed by atoms with E-state index in [9.17, 15) is 4.79 Å². The van der Waals surface area contributed by atoms with Gasteiger partial charge in [0.15, 0.2) is 0 Å². The SMILES string of the molecule is CN(C)CCC1CCN(C(=O)CC2CCOC2)CC1. The first-order chi connectivity index (χ1) is 9.15. The van der Waals surface area contributed by atoms with Crippen molar-refractivity contribution in [2.75, 3.05) is 46.9 Å². The zero-order chi connectivity index (χ0) is 13.7. The van der Waals surface area contributed by atoms with Gasteiger partial charge in [-0.05, 0) is 58.2 Å². The number of likely N-dealkylation sites (tertiary alicyclic amines) is 1. The average Bonchev–Trinajstić information content (AvgIpc) is 2.89. The Kier molecular flexibility index (Phi) is 5.64. The van der Waals surface area contributed by atoms with Crippen molar-refractivity contribution in [2.24, 2.45) is 11.8 Å². The molecule has 4 nitrogen and oxygen atoms in total. The average molecular weight is 268 g/mol. The zero-order valence-corrected chi connectivity index (χ0v) is 12.4. The van der Waals surface area contributed by atoms with Crippen LogP contribution in [0.3, 0.4) is 0 Å². The van der Waals surface area contributed by atoms with E-state index in [2.05, 4.69) is 23.9 Å². The molecule has 1 unspecified atom stereocenters. The highest BCUT2D eigenvalue weighted by Gasteiger charge is 2.26. The number of carbonyl (C=O) groups is 1. The quantitative estimate of drug-likeness (QED) is 0.759. The molecule has 19 heavy (non-hydrogen) atoms. The molecule has 0 aromatic carbocycles. The van der Waals surface area contributed by atoms with Gasteiger partial charge in [-0.25, -0.2) is 0 Å². The molecule has 0 radical (unpaired) electrons. The highest BCUT2D eigenvalue weighted by Crippen LogP contribution is 2.23. The van der Waals surface area contributed by atoms with Crippen molar-refractivity contribution >= 4 is 5.91 Å². The molecule has 110 valence electrons. The molecule has 2 heterocycles. The topological polar surface area (TPSA) is 32.8 Å². The normalized spacial score (nSPS) is 25.2. The fourth-order valence-electron chi connectivity index (χ4n) is 3.03.